The molecule has 0 bridgehead atoms. The maximum Gasteiger partial charge on any atom is 0.185 e. The van der Waals surface area contributed by atoms with Crippen molar-refractivity contribution in [3.05, 3.63) is 94.6 Å². The molecule has 3 rings (SSSR count). The molecule has 4 heteroatoms. The van der Waals surface area contributed by atoms with Gasteiger partial charge in [0.25, 0.3) is 0 Å². The van der Waals surface area contributed by atoms with Crippen LogP contribution in [0.4, 0.5) is 0 Å². The first-order chi connectivity index (χ1) is 14.0. The standard InChI is InChI=1S/C25H24O4/c1-17-5-4-6-24(18(17)2)29-16-21-15-19(8-14-25(21)28-3)7-13-23(27)20-9-11-22(26)12-10-20/h4-15,26H,16H2,1-3H3. The Morgan fingerprint density at radius 2 is 1.76 bits per heavy atom. The fourth-order valence-electron chi connectivity index (χ4n) is 2.94. The molecule has 3 aromatic carbocycles. The van der Waals surface area contributed by atoms with Gasteiger partial charge in [-0.05, 0) is 79.1 Å². The lowest BCUT2D eigenvalue weighted by Crippen LogP contribution is -2.01. The van der Waals surface area contributed by atoms with Crippen molar-refractivity contribution in [3.8, 4) is 17.2 Å². The summed E-state index contributed by atoms with van der Waals surface area (Å²) in [5.41, 5.74) is 4.58. The number of allylic oxidation sites excluding steroid dienone is 1. The van der Waals surface area contributed by atoms with E-state index >= 15 is 0 Å². The molecular formula is C25H24O4. The fraction of sp³-hybridized carbons (Fsp3) is 0.160. The molecule has 0 spiro atoms. The molecule has 0 aliphatic heterocycles. The van der Waals surface area contributed by atoms with Gasteiger partial charge in [0.05, 0.1) is 7.11 Å². The molecule has 4 nitrogen and oxygen atoms in total. The van der Waals surface area contributed by atoms with Crippen LogP contribution in [0.25, 0.3) is 6.08 Å². The summed E-state index contributed by atoms with van der Waals surface area (Å²) in [6.45, 7) is 4.45. The number of aryl methyl sites for hydroxylation is 1. The van der Waals surface area contributed by atoms with Crippen LogP contribution >= 0.6 is 0 Å². The van der Waals surface area contributed by atoms with Crippen molar-refractivity contribution in [2.75, 3.05) is 7.11 Å². The van der Waals surface area contributed by atoms with Gasteiger partial charge in [0, 0.05) is 11.1 Å². The van der Waals surface area contributed by atoms with Crippen molar-refractivity contribution < 1.29 is 19.4 Å². The van der Waals surface area contributed by atoms with Gasteiger partial charge in [-0.15, -0.1) is 0 Å². The molecule has 0 radical (unpaired) electrons. The number of carbonyl (C=O) groups excluding carboxylic acids is 1. The second-order valence-electron chi connectivity index (χ2n) is 6.80. The Morgan fingerprint density at radius 3 is 2.48 bits per heavy atom. The zero-order chi connectivity index (χ0) is 20.8. The number of benzene rings is 3. The van der Waals surface area contributed by atoms with E-state index in [4.69, 9.17) is 9.47 Å². The summed E-state index contributed by atoms with van der Waals surface area (Å²) in [7, 11) is 1.63. The quantitative estimate of drug-likeness (QED) is 0.429. The Balaban J connectivity index is 1.76. The molecule has 0 fully saturated rings. The summed E-state index contributed by atoms with van der Waals surface area (Å²) in [5, 5.41) is 9.34. The maximum absolute atomic E-state index is 12.3. The summed E-state index contributed by atoms with van der Waals surface area (Å²) < 4.78 is 11.5. The van der Waals surface area contributed by atoms with E-state index in [1.165, 1.54) is 23.8 Å². The average Bonchev–Trinajstić information content (AvgIpc) is 2.73. The number of ether oxygens (including phenoxy) is 2. The normalized spacial score (nSPS) is 10.9. The van der Waals surface area contributed by atoms with Gasteiger partial charge in [-0.2, -0.15) is 0 Å². The SMILES string of the molecule is COc1ccc(C=CC(=O)c2ccc(O)cc2)cc1COc1cccc(C)c1C. The summed E-state index contributed by atoms with van der Waals surface area (Å²) in [5.74, 6) is 1.58. The van der Waals surface area contributed by atoms with Gasteiger partial charge in [0.2, 0.25) is 0 Å². The van der Waals surface area contributed by atoms with Crippen molar-refractivity contribution in [3.63, 3.8) is 0 Å². The van der Waals surface area contributed by atoms with Crippen LogP contribution in [0.5, 0.6) is 17.2 Å². The number of hydrogen-bond acceptors (Lipinski definition) is 4. The van der Waals surface area contributed by atoms with Gasteiger partial charge in [-0.3, -0.25) is 4.79 Å². The smallest absolute Gasteiger partial charge is 0.185 e. The predicted octanol–water partition coefficient (Wildman–Crippen LogP) is 5.49. The van der Waals surface area contributed by atoms with Crippen LogP contribution < -0.4 is 9.47 Å². The van der Waals surface area contributed by atoms with Crippen molar-refractivity contribution in [2.24, 2.45) is 0 Å². The number of hydrogen-bond donors (Lipinski definition) is 1. The van der Waals surface area contributed by atoms with E-state index < -0.39 is 0 Å². The molecular weight excluding hydrogens is 364 g/mol. The Labute approximate surface area is 171 Å². The highest BCUT2D eigenvalue weighted by molar-refractivity contribution is 6.06. The Hall–Kier alpha value is -3.53. The van der Waals surface area contributed by atoms with E-state index in [1.54, 1.807) is 25.3 Å². The van der Waals surface area contributed by atoms with Gasteiger partial charge in [-0.25, -0.2) is 0 Å². The van der Waals surface area contributed by atoms with Crippen LogP contribution in [0.15, 0.2) is 66.7 Å². The van der Waals surface area contributed by atoms with Crippen LogP contribution in [0.3, 0.4) is 0 Å². The zero-order valence-electron chi connectivity index (χ0n) is 16.8. The van der Waals surface area contributed by atoms with Gasteiger partial charge >= 0.3 is 0 Å². The second-order valence-corrected chi connectivity index (χ2v) is 6.80. The minimum Gasteiger partial charge on any atom is -0.508 e. The highest BCUT2D eigenvalue weighted by atomic mass is 16.5. The summed E-state index contributed by atoms with van der Waals surface area (Å²) in [6, 6.07) is 17.9. The zero-order valence-corrected chi connectivity index (χ0v) is 16.8. The molecule has 0 saturated carbocycles. The molecule has 3 aromatic rings. The van der Waals surface area contributed by atoms with Crippen molar-refractivity contribution in [1.82, 2.24) is 0 Å². The van der Waals surface area contributed by atoms with E-state index in [9.17, 15) is 9.90 Å². The largest absolute Gasteiger partial charge is 0.508 e. The molecule has 0 aliphatic rings. The maximum atomic E-state index is 12.3. The van der Waals surface area contributed by atoms with Crippen LogP contribution in [-0.4, -0.2) is 18.0 Å². The third kappa shape index (κ3) is 5.05. The summed E-state index contributed by atoms with van der Waals surface area (Å²) in [6.07, 6.45) is 3.28. The Kier molecular flexibility index (Phi) is 6.35. The molecule has 0 aromatic heterocycles. The molecule has 0 atom stereocenters. The summed E-state index contributed by atoms with van der Waals surface area (Å²) in [4.78, 5) is 12.3. The van der Waals surface area contributed by atoms with Gasteiger partial charge < -0.3 is 14.6 Å². The van der Waals surface area contributed by atoms with E-state index in [1.807, 2.05) is 37.3 Å². The van der Waals surface area contributed by atoms with E-state index in [0.717, 1.165) is 28.2 Å². The number of aromatic hydroxyl groups is 1. The average molecular weight is 388 g/mol. The minimum absolute atomic E-state index is 0.131. The van der Waals surface area contributed by atoms with Crippen molar-refractivity contribution in [2.45, 2.75) is 20.5 Å². The number of carbonyl (C=O) groups is 1. The topological polar surface area (TPSA) is 55.8 Å². The van der Waals surface area contributed by atoms with Crippen molar-refractivity contribution >= 4 is 11.9 Å². The van der Waals surface area contributed by atoms with Crippen LogP contribution in [0.2, 0.25) is 0 Å². The van der Waals surface area contributed by atoms with Gasteiger partial charge in [-0.1, -0.05) is 24.3 Å². The van der Waals surface area contributed by atoms with Crippen LogP contribution in [0, 0.1) is 13.8 Å². The number of ketones is 1. The first-order valence-corrected chi connectivity index (χ1v) is 9.35. The molecule has 1 N–H and O–H groups in total. The lowest BCUT2D eigenvalue weighted by atomic mass is 10.1. The fourth-order valence-corrected chi connectivity index (χ4v) is 2.94. The van der Waals surface area contributed by atoms with Gasteiger partial charge in [0.1, 0.15) is 23.9 Å². The first kappa shape index (κ1) is 20.2. The number of phenols is 1. The second kappa shape index (κ2) is 9.11. The lowest BCUT2D eigenvalue weighted by Gasteiger charge is -2.13. The summed E-state index contributed by atoms with van der Waals surface area (Å²) >= 11 is 0. The number of rotatable bonds is 7. The van der Waals surface area contributed by atoms with E-state index in [-0.39, 0.29) is 11.5 Å². The number of phenolic OH excluding ortho intramolecular Hbond substituents is 1. The van der Waals surface area contributed by atoms with E-state index in [0.29, 0.717) is 12.2 Å². The van der Waals surface area contributed by atoms with Crippen molar-refractivity contribution in [1.29, 1.82) is 0 Å². The third-order valence-electron chi connectivity index (χ3n) is 4.82. The molecule has 148 valence electrons. The third-order valence-corrected chi connectivity index (χ3v) is 4.82. The highest BCUT2D eigenvalue weighted by Gasteiger charge is 2.08. The lowest BCUT2D eigenvalue weighted by molar-refractivity contribution is 0.104. The monoisotopic (exact) mass is 388 g/mol. The van der Waals surface area contributed by atoms with Crippen LogP contribution in [-0.2, 0) is 6.61 Å². The molecule has 0 unspecified atom stereocenters. The minimum atomic E-state index is -0.131. The number of methoxy groups -OCH3 is 1. The Bertz CT molecular complexity index is 1030. The molecule has 0 amide bonds. The first-order valence-electron chi connectivity index (χ1n) is 9.35. The molecule has 0 aliphatic carbocycles. The van der Waals surface area contributed by atoms with Crippen LogP contribution in [0.1, 0.15) is 32.6 Å². The predicted molar refractivity (Wildman–Crippen MR) is 115 cm³/mol. The van der Waals surface area contributed by atoms with Gasteiger partial charge in [0.15, 0.2) is 5.78 Å². The molecule has 0 heterocycles. The molecule has 0 saturated heterocycles. The van der Waals surface area contributed by atoms with E-state index in [2.05, 4.69) is 13.0 Å². The molecule has 29 heavy (non-hydrogen) atoms. The Morgan fingerprint density at radius 1 is 1.00 bits per heavy atom. The highest BCUT2D eigenvalue weighted by Crippen LogP contribution is 2.26.